The topological polar surface area (TPSA) is 40.5 Å². The molecule has 0 aromatic carbocycles. The molecule has 1 aromatic rings. The number of aliphatic hydroxyl groups is 1. The van der Waals surface area contributed by atoms with E-state index in [2.05, 4.69) is 25.7 Å². The smallest absolute Gasteiger partial charge is 0.255 e. The lowest BCUT2D eigenvalue weighted by Gasteiger charge is -2.23. The maximum atomic E-state index is 12.5. The molecule has 1 saturated carbocycles. The van der Waals surface area contributed by atoms with Crippen molar-refractivity contribution in [2.24, 2.45) is 5.92 Å². The van der Waals surface area contributed by atoms with Crippen LogP contribution in [0.1, 0.15) is 41.9 Å². The molecule has 0 aliphatic heterocycles. The second-order valence-corrected chi connectivity index (χ2v) is 6.15. The second kappa shape index (κ2) is 6.23. The van der Waals surface area contributed by atoms with Gasteiger partial charge < -0.3 is 10.0 Å². The first-order chi connectivity index (χ1) is 9.11. The summed E-state index contributed by atoms with van der Waals surface area (Å²) in [6, 6.07) is 2.26. The van der Waals surface area contributed by atoms with E-state index >= 15 is 0 Å². The van der Waals surface area contributed by atoms with Gasteiger partial charge >= 0.3 is 0 Å². The van der Waals surface area contributed by atoms with Crippen molar-refractivity contribution in [3.05, 3.63) is 21.9 Å². The Hall–Kier alpha value is -1.31. The lowest BCUT2D eigenvalue weighted by atomic mass is 10.2. The quantitative estimate of drug-likeness (QED) is 0.858. The summed E-state index contributed by atoms with van der Waals surface area (Å²) >= 11 is 1.45. The predicted molar refractivity (Wildman–Crippen MR) is 77.2 cm³/mol. The molecule has 1 amide bonds. The standard InChI is InChI=1S/C15H19NO2S/c1-11(2)9-16(13-5-6-13)15(18)12-8-14(19-10-12)4-3-7-17/h8,10-11,13,17H,5-7,9H2,1-2H3. The first-order valence-electron chi connectivity index (χ1n) is 6.61. The first-order valence-corrected chi connectivity index (χ1v) is 7.49. The Kier molecular flexibility index (Phi) is 4.62. The number of carbonyl (C=O) groups excluding carboxylic acids is 1. The number of hydrogen-bond donors (Lipinski definition) is 1. The molecule has 1 heterocycles. The van der Waals surface area contributed by atoms with E-state index in [1.54, 1.807) is 0 Å². The van der Waals surface area contributed by atoms with Gasteiger partial charge in [0.05, 0.1) is 10.4 Å². The third-order valence-corrected chi connectivity index (χ3v) is 3.79. The highest BCUT2D eigenvalue weighted by Gasteiger charge is 2.33. The average molecular weight is 277 g/mol. The van der Waals surface area contributed by atoms with Crippen molar-refractivity contribution in [3.63, 3.8) is 0 Å². The minimum absolute atomic E-state index is 0.115. The van der Waals surface area contributed by atoms with Crippen LogP contribution in [0, 0.1) is 17.8 Å². The number of hydrogen-bond acceptors (Lipinski definition) is 3. The molecule has 102 valence electrons. The van der Waals surface area contributed by atoms with Gasteiger partial charge in [0.2, 0.25) is 0 Å². The number of thiophene rings is 1. The largest absolute Gasteiger partial charge is 0.384 e. The highest BCUT2D eigenvalue weighted by Crippen LogP contribution is 2.29. The Labute approximate surface area is 118 Å². The van der Waals surface area contributed by atoms with Crippen LogP contribution in [0.15, 0.2) is 11.4 Å². The van der Waals surface area contributed by atoms with E-state index in [9.17, 15) is 4.79 Å². The summed E-state index contributed by atoms with van der Waals surface area (Å²) in [5.74, 6) is 6.04. The Morgan fingerprint density at radius 2 is 2.32 bits per heavy atom. The van der Waals surface area contributed by atoms with E-state index in [1.165, 1.54) is 11.3 Å². The van der Waals surface area contributed by atoms with E-state index in [1.807, 2.05) is 16.3 Å². The van der Waals surface area contributed by atoms with Gasteiger partial charge in [-0.15, -0.1) is 11.3 Å². The normalized spacial score (nSPS) is 14.1. The van der Waals surface area contributed by atoms with Gasteiger partial charge in [0.25, 0.3) is 5.91 Å². The second-order valence-electron chi connectivity index (χ2n) is 5.24. The Balaban J connectivity index is 2.10. The molecule has 1 aliphatic rings. The molecule has 0 spiro atoms. The molecule has 0 radical (unpaired) electrons. The zero-order valence-corrected chi connectivity index (χ0v) is 12.2. The minimum Gasteiger partial charge on any atom is -0.384 e. The maximum absolute atomic E-state index is 12.5. The molecule has 19 heavy (non-hydrogen) atoms. The van der Waals surface area contributed by atoms with E-state index in [4.69, 9.17) is 5.11 Å². The van der Waals surface area contributed by atoms with Gasteiger partial charge in [-0.2, -0.15) is 0 Å². The fraction of sp³-hybridized carbons (Fsp3) is 0.533. The van der Waals surface area contributed by atoms with Gasteiger partial charge in [-0.25, -0.2) is 0 Å². The molecule has 4 heteroatoms. The van der Waals surface area contributed by atoms with Crippen LogP contribution in [-0.4, -0.2) is 35.1 Å². The van der Waals surface area contributed by atoms with Crippen molar-refractivity contribution in [2.75, 3.05) is 13.2 Å². The van der Waals surface area contributed by atoms with Gasteiger partial charge in [0.1, 0.15) is 6.61 Å². The van der Waals surface area contributed by atoms with Crippen LogP contribution in [0.5, 0.6) is 0 Å². The van der Waals surface area contributed by atoms with Crippen LogP contribution >= 0.6 is 11.3 Å². The maximum Gasteiger partial charge on any atom is 0.255 e. The van der Waals surface area contributed by atoms with Crippen molar-refractivity contribution < 1.29 is 9.90 Å². The molecular weight excluding hydrogens is 258 g/mol. The monoisotopic (exact) mass is 277 g/mol. The molecule has 0 saturated heterocycles. The number of aliphatic hydroxyl groups excluding tert-OH is 1. The van der Waals surface area contributed by atoms with Crippen LogP contribution in [-0.2, 0) is 0 Å². The molecule has 0 unspecified atom stereocenters. The van der Waals surface area contributed by atoms with Crippen LogP contribution in [0.25, 0.3) is 0 Å². The molecule has 0 atom stereocenters. The van der Waals surface area contributed by atoms with Crippen LogP contribution in [0.4, 0.5) is 0 Å². The Bertz CT molecular complexity index is 506. The first kappa shape index (κ1) is 14.1. The predicted octanol–water partition coefficient (Wildman–Crippen LogP) is 2.35. The molecule has 0 bridgehead atoms. The number of carbonyl (C=O) groups is 1. The fourth-order valence-corrected chi connectivity index (χ4v) is 2.73. The van der Waals surface area contributed by atoms with Crippen molar-refractivity contribution in [1.29, 1.82) is 0 Å². The van der Waals surface area contributed by atoms with E-state index in [0.717, 1.165) is 29.8 Å². The lowest BCUT2D eigenvalue weighted by molar-refractivity contribution is 0.0723. The summed E-state index contributed by atoms with van der Waals surface area (Å²) in [6.07, 6.45) is 2.25. The number of amides is 1. The average Bonchev–Trinajstić information content (AvgIpc) is 3.11. The lowest BCUT2D eigenvalue weighted by Crippen LogP contribution is -2.35. The summed E-state index contributed by atoms with van der Waals surface area (Å²) in [6.45, 7) is 4.93. The van der Waals surface area contributed by atoms with Crippen molar-refractivity contribution in [3.8, 4) is 11.8 Å². The molecule has 1 aromatic heterocycles. The van der Waals surface area contributed by atoms with Gasteiger partial charge in [0.15, 0.2) is 0 Å². The van der Waals surface area contributed by atoms with Crippen molar-refractivity contribution >= 4 is 17.2 Å². The van der Waals surface area contributed by atoms with Crippen molar-refractivity contribution in [1.82, 2.24) is 4.90 Å². The molecular formula is C15H19NO2S. The van der Waals surface area contributed by atoms with E-state index < -0.39 is 0 Å². The van der Waals surface area contributed by atoms with Gasteiger partial charge in [-0.05, 0) is 24.8 Å². The Morgan fingerprint density at radius 3 is 2.89 bits per heavy atom. The summed E-state index contributed by atoms with van der Waals surface area (Å²) in [7, 11) is 0. The highest BCUT2D eigenvalue weighted by atomic mass is 32.1. The number of rotatable bonds is 4. The van der Waals surface area contributed by atoms with Gasteiger partial charge in [0, 0.05) is 18.0 Å². The fourth-order valence-electron chi connectivity index (χ4n) is 1.98. The number of nitrogens with zero attached hydrogens (tertiary/aromatic N) is 1. The zero-order chi connectivity index (χ0) is 13.8. The highest BCUT2D eigenvalue weighted by molar-refractivity contribution is 7.10. The molecule has 3 nitrogen and oxygen atoms in total. The SMILES string of the molecule is CC(C)CN(C(=O)c1csc(C#CCO)c1)C1CC1. The molecule has 1 fully saturated rings. The summed E-state index contributed by atoms with van der Waals surface area (Å²) in [5.41, 5.74) is 0.722. The van der Waals surface area contributed by atoms with Crippen LogP contribution in [0.2, 0.25) is 0 Å². The zero-order valence-electron chi connectivity index (χ0n) is 11.3. The van der Waals surface area contributed by atoms with Crippen molar-refractivity contribution in [2.45, 2.75) is 32.7 Å². The van der Waals surface area contributed by atoms with Crippen LogP contribution < -0.4 is 0 Å². The van der Waals surface area contributed by atoms with E-state index in [-0.39, 0.29) is 12.5 Å². The van der Waals surface area contributed by atoms with E-state index in [0.29, 0.717) is 12.0 Å². The Morgan fingerprint density at radius 1 is 1.58 bits per heavy atom. The summed E-state index contributed by atoms with van der Waals surface area (Å²) < 4.78 is 0. The molecule has 2 rings (SSSR count). The van der Waals surface area contributed by atoms with Gasteiger partial charge in [-0.1, -0.05) is 25.7 Å². The molecule has 1 aliphatic carbocycles. The third-order valence-electron chi connectivity index (χ3n) is 2.95. The summed E-state index contributed by atoms with van der Waals surface area (Å²) in [5, 5.41) is 10.5. The molecule has 1 N–H and O–H groups in total. The summed E-state index contributed by atoms with van der Waals surface area (Å²) in [4.78, 5) is 15.3. The minimum atomic E-state index is -0.150. The van der Waals surface area contributed by atoms with Crippen LogP contribution in [0.3, 0.4) is 0 Å². The third kappa shape index (κ3) is 3.82. The van der Waals surface area contributed by atoms with Gasteiger partial charge in [-0.3, -0.25) is 4.79 Å².